The summed E-state index contributed by atoms with van der Waals surface area (Å²) in [4.78, 5) is 26.9. The molecule has 0 saturated heterocycles. The van der Waals surface area contributed by atoms with Crippen LogP contribution in [0.5, 0.6) is 0 Å². The number of nitrogens with zero attached hydrogens (tertiary/aromatic N) is 2. The van der Waals surface area contributed by atoms with Crippen LogP contribution in [0, 0.1) is 0 Å². The first-order valence-corrected chi connectivity index (χ1v) is 5.87. The fourth-order valence-corrected chi connectivity index (χ4v) is 1.77. The molecule has 19 heavy (non-hydrogen) atoms. The molecule has 2 aromatic rings. The highest BCUT2D eigenvalue weighted by Gasteiger charge is 2.15. The molecule has 0 radical (unpaired) electrons. The maximum Gasteiger partial charge on any atom is 0.349 e. The number of anilines is 1. The van der Waals surface area contributed by atoms with Crippen LogP contribution in [0.3, 0.4) is 0 Å². The second-order valence-corrected chi connectivity index (χ2v) is 4.76. The summed E-state index contributed by atoms with van der Waals surface area (Å²) >= 11 is 0. The van der Waals surface area contributed by atoms with E-state index >= 15 is 0 Å². The molecule has 1 amide bonds. The Morgan fingerprint density at radius 1 is 1.11 bits per heavy atom. The minimum atomic E-state index is -0.609. The number of carbonyl (C=O) groups excluding carboxylic acids is 1. The van der Waals surface area contributed by atoms with Crippen LogP contribution in [-0.2, 0) is 0 Å². The van der Waals surface area contributed by atoms with E-state index < -0.39 is 5.63 Å². The molecule has 100 valence electrons. The zero-order valence-electron chi connectivity index (χ0n) is 11.4. The van der Waals surface area contributed by atoms with E-state index in [0.29, 0.717) is 5.58 Å². The Kier molecular flexibility index (Phi) is 3.29. The van der Waals surface area contributed by atoms with Gasteiger partial charge >= 0.3 is 5.63 Å². The van der Waals surface area contributed by atoms with Gasteiger partial charge in [-0.1, -0.05) is 0 Å². The van der Waals surface area contributed by atoms with Crippen molar-refractivity contribution in [2.75, 3.05) is 33.1 Å². The van der Waals surface area contributed by atoms with E-state index in [2.05, 4.69) is 0 Å². The molecule has 5 heteroatoms. The van der Waals surface area contributed by atoms with Gasteiger partial charge in [-0.05, 0) is 18.2 Å². The molecule has 0 aliphatic heterocycles. The second-order valence-electron chi connectivity index (χ2n) is 4.76. The Balaban J connectivity index is 2.62. The minimum absolute atomic E-state index is 0.0510. The van der Waals surface area contributed by atoms with Gasteiger partial charge in [0.1, 0.15) is 11.1 Å². The second kappa shape index (κ2) is 4.76. The molecular weight excluding hydrogens is 244 g/mol. The van der Waals surface area contributed by atoms with Crippen molar-refractivity contribution in [1.82, 2.24) is 4.90 Å². The van der Waals surface area contributed by atoms with Crippen LogP contribution in [-0.4, -0.2) is 39.0 Å². The summed E-state index contributed by atoms with van der Waals surface area (Å²) in [6, 6.07) is 7.09. The first-order chi connectivity index (χ1) is 8.90. The van der Waals surface area contributed by atoms with E-state index in [4.69, 9.17) is 4.42 Å². The maximum atomic E-state index is 11.8. The first-order valence-electron chi connectivity index (χ1n) is 5.87. The molecule has 0 unspecified atom stereocenters. The van der Waals surface area contributed by atoms with Gasteiger partial charge in [-0.3, -0.25) is 4.79 Å². The first kappa shape index (κ1) is 13.1. The highest BCUT2D eigenvalue weighted by molar-refractivity contribution is 5.96. The van der Waals surface area contributed by atoms with Gasteiger partial charge in [-0.2, -0.15) is 0 Å². The quantitative estimate of drug-likeness (QED) is 0.769. The largest absolute Gasteiger partial charge is 0.422 e. The topological polar surface area (TPSA) is 53.8 Å². The van der Waals surface area contributed by atoms with Crippen LogP contribution in [0.15, 0.2) is 33.5 Å². The summed E-state index contributed by atoms with van der Waals surface area (Å²) in [6.45, 7) is 0. The molecule has 1 aromatic heterocycles. The van der Waals surface area contributed by atoms with E-state index in [1.807, 2.05) is 31.1 Å². The number of amides is 1. The minimum Gasteiger partial charge on any atom is -0.422 e. The zero-order valence-corrected chi connectivity index (χ0v) is 11.4. The van der Waals surface area contributed by atoms with Gasteiger partial charge in [0.2, 0.25) is 0 Å². The van der Waals surface area contributed by atoms with E-state index in [1.54, 1.807) is 26.2 Å². The Morgan fingerprint density at radius 3 is 2.37 bits per heavy atom. The fraction of sp³-hybridized carbons (Fsp3) is 0.286. The SMILES string of the molecule is CN(C)C(=O)c1cc2ccc(N(C)C)cc2oc1=O. The van der Waals surface area contributed by atoms with Crippen LogP contribution in [0.1, 0.15) is 10.4 Å². The molecule has 0 spiro atoms. The number of hydrogen-bond donors (Lipinski definition) is 0. The fourth-order valence-electron chi connectivity index (χ4n) is 1.77. The van der Waals surface area contributed by atoms with Gasteiger partial charge < -0.3 is 14.2 Å². The van der Waals surface area contributed by atoms with Crippen molar-refractivity contribution < 1.29 is 9.21 Å². The van der Waals surface area contributed by atoms with Crippen molar-refractivity contribution in [2.45, 2.75) is 0 Å². The highest BCUT2D eigenvalue weighted by Crippen LogP contribution is 2.20. The third-order valence-corrected chi connectivity index (χ3v) is 2.87. The Bertz CT molecular complexity index is 687. The lowest BCUT2D eigenvalue weighted by molar-refractivity contribution is 0.0823. The molecule has 1 aromatic carbocycles. The normalized spacial score (nSPS) is 10.5. The third-order valence-electron chi connectivity index (χ3n) is 2.87. The number of benzene rings is 1. The molecule has 1 heterocycles. The Hall–Kier alpha value is -2.30. The average Bonchev–Trinajstić information content (AvgIpc) is 2.36. The van der Waals surface area contributed by atoms with Crippen LogP contribution in [0.25, 0.3) is 11.0 Å². The van der Waals surface area contributed by atoms with Crippen LogP contribution in [0.4, 0.5) is 5.69 Å². The molecule has 0 saturated carbocycles. The molecule has 0 N–H and O–H groups in total. The van der Waals surface area contributed by atoms with Crippen molar-refractivity contribution in [3.8, 4) is 0 Å². The molecule has 0 aliphatic carbocycles. The van der Waals surface area contributed by atoms with Crippen molar-refractivity contribution in [1.29, 1.82) is 0 Å². The monoisotopic (exact) mass is 260 g/mol. The van der Waals surface area contributed by atoms with Crippen LogP contribution >= 0.6 is 0 Å². The van der Waals surface area contributed by atoms with Crippen LogP contribution < -0.4 is 10.5 Å². The summed E-state index contributed by atoms with van der Waals surface area (Å²) in [6.07, 6.45) is 0. The van der Waals surface area contributed by atoms with Crippen molar-refractivity contribution >= 4 is 22.6 Å². The summed E-state index contributed by atoms with van der Waals surface area (Å²) < 4.78 is 5.23. The van der Waals surface area contributed by atoms with Crippen LogP contribution in [0.2, 0.25) is 0 Å². The van der Waals surface area contributed by atoms with Crippen molar-refractivity contribution in [3.63, 3.8) is 0 Å². The summed E-state index contributed by atoms with van der Waals surface area (Å²) in [5.41, 5.74) is 0.853. The van der Waals surface area contributed by atoms with Gasteiger partial charge in [0.25, 0.3) is 5.91 Å². The lowest BCUT2D eigenvalue weighted by Crippen LogP contribution is -2.27. The Morgan fingerprint density at radius 2 is 1.79 bits per heavy atom. The van der Waals surface area contributed by atoms with E-state index in [-0.39, 0.29) is 11.5 Å². The molecular formula is C14H16N2O3. The van der Waals surface area contributed by atoms with E-state index in [1.165, 1.54) is 4.90 Å². The van der Waals surface area contributed by atoms with Gasteiger partial charge in [0.15, 0.2) is 0 Å². The Labute approximate surface area is 111 Å². The van der Waals surface area contributed by atoms with E-state index in [9.17, 15) is 9.59 Å². The summed E-state index contributed by atoms with van der Waals surface area (Å²) in [5, 5.41) is 0.732. The van der Waals surface area contributed by atoms with Gasteiger partial charge in [0, 0.05) is 45.3 Å². The average molecular weight is 260 g/mol. The smallest absolute Gasteiger partial charge is 0.349 e. The third kappa shape index (κ3) is 2.45. The number of carbonyl (C=O) groups is 1. The number of rotatable bonds is 2. The maximum absolute atomic E-state index is 11.8. The highest BCUT2D eigenvalue weighted by atomic mass is 16.4. The molecule has 0 atom stereocenters. The number of fused-ring (bicyclic) bond motifs is 1. The predicted octanol–water partition coefficient (Wildman–Crippen LogP) is 1.56. The summed E-state index contributed by atoms with van der Waals surface area (Å²) in [5.74, 6) is -0.354. The molecule has 2 rings (SSSR count). The molecule has 5 nitrogen and oxygen atoms in total. The van der Waals surface area contributed by atoms with Crippen molar-refractivity contribution in [3.05, 3.63) is 40.2 Å². The molecule has 0 fully saturated rings. The standard InChI is InChI=1S/C14H16N2O3/c1-15(2)10-6-5-9-7-11(13(17)16(3)4)14(18)19-12(9)8-10/h5-8H,1-4H3. The summed E-state index contributed by atoms with van der Waals surface area (Å²) in [7, 11) is 7.01. The zero-order chi connectivity index (χ0) is 14.2. The van der Waals surface area contributed by atoms with E-state index in [0.717, 1.165) is 11.1 Å². The predicted molar refractivity (Wildman–Crippen MR) is 74.8 cm³/mol. The number of hydrogen-bond acceptors (Lipinski definition) is 4. The van der Waals surface area contributed by atoms with Gasteiger partial charge in [-0.25, -0.2) is 4.79 Å². The van der Waals surface area contributed by atoms with Crippen molar-refractivity contribution in [2.24, 2.45) is 0 Å². The lowest BCUT2D eigenvalue weighted by Gasteiger charge is -2.13. The molecule has 0 bridgehead atoms. The van der Waals surface area contributed by atoms with Gasteiger partial charge in [-0.15, -0.1) is 0 Å². The molecule has 0 aliphatic rings. The van der Waals surface area contributed by atoms with Gasteiger partial charge in [0.05, 0.1) is 0 Å². The lowest BCUT2D eigenvalue weighted by atomic mass is 10.1.